The van der Waals surface area contributed by atoms with Gasteiger partial charge in [-0.1, -0.05) is 150 Å². The largest absolute Gasteiger partial charge is 0.490 e. The maximum Gasteiger partial charge on any atom is 0.290 e. The Morgan fingerprint density at radius 2 is 1.27 bits per heavy atom. The molecular formula is C44H37N3O4S. The van der Waals surface area contributed by atoms with Gasteiger partial charge in [0, 0.05) is 23.5 Å². The Morgan fingerprint density at radius 1 is 0.712 bits per heavy atom. The van der Waals surface area contributed by atoms with E-state index < -0.39 is 10.8 Å². The van der Waals surface area contributed by atoms with Gasteiger partial charge < -0.3 is 9.57 Å². The van der Waals surface area contributed by atoms with Crippen LogP contribution in [0.1, 0.15) is 34.7 Å². The highest BCUT2D eigenvalue weighted by molar-refractivity contribution is 8.15. The molecular weight excluding hydrogens is 667 g/mol. The first-order chi connectivity index (χ1) is 25.5. The fraction of sp³-hybridized carbons (Fsp3) is 0.136. The Balaban J connectivity index is 1.00. The summed E-state index contributed by atoms with van der Waals surface area (Å²) in [5.41, 5.74) is 6.03. The van der Waals surface area contributed by atoms with E-state index in [2.05, 4.69) is 10.1 Å². The molecule has 1 unspecified atom stereocenters. The fourth-order valence-corrected chi connectivity index (χ4v) is 7.63. The number of thioether (sulfide) groups is 1. The third kappa shape index (κ3) is 7.24. The van der Waals surface area contributed by atoms with Gasteiger partial charge in [-0.05, 0) is 59.4 Å². The topological polar surface area (TPSA) is 81.1 Å². The normalized spacial score (nSPS) is 14.8. The molecule has 2 amide bonds. The molecule has 52 heavy (non-hydrogen) atoms. The number of hydrogen-bond acceptors (Lipinski definition) is 7. The lowest BCUT2D eigenvalue weighted by Crippen LogP contribution is -2.51. The van der Waals surface area contributed by atoms with E-state index in [1.807, 2.05) is 165 Å². The summed E-state index contributed by atoms with van der Waals surface area (Å²) < 4.78 is 5.90. The van der Waals surface area contributed by atoms with Gasteiger partial charge >= 0.3 is 0 Å². The van der Waals surface area contributed by atoms with Gasteiger partial charge in [0.05, 0.1) is 11.0 Å². The number of amides is 2. The maximum atomic E-state index is 14.4. The zero-order valence-corrected chi connectivity index (χ0v) is 29.5. The summed E-state index contributed by atoms with van der Waals surface area (Å²) >= 11 is 1.08. The first kappa shape index (κ1) is 34.5. The molecule has 8 heteroatoms. The Hall–Kier alpha value is -5.99. The Bertz CT molecular complexity index is 2050. The molecule has 0 spiro atoms. The molecule has 7 rings (SSSR count). The highest BCUT2D eigenvalue weighted by atomic mass is 32.2. The molecule has 0 aliphatic carbocycles. The van der Waals surface area contributed by atoms with Crippen LogP contribution in [0.15, 0.2) is 169 Å². The smallest absolute Gasteiger partial charge is 0.290 e. The number of carbonyl (C=O) groups excluding carboxylic acids is 2. The lowest BCUT2D eigenvalue weighted by Gasteiger charge is -2.42. The van der Waals surface area contributed by atoms with Gasteiger partial charge in [0.1, 0.15) is 17.9 Å². The molecule has 1 fully saturated rings. The van der Waals surface area contributed by atoms with E-state index in [-0.39, 0.29) is 17.8 Å². The van der Waals surface area contributed by atoms with E-state index in [9.17, 15) is 9.59 Å². The first-order valence-corrected chi connectivity index (χ1v) is 18.0. The Labute approximate surface area is 307 Å². The van der Waals surface area contributed by atoms with Crippen molar-refractivity contribution >= 4 is 28.6 Å². The summed E-state index contributed by atoms with van der Waals surface area (Å²) in [6.07, 6.45) is 4.00. The molecule has 0 bridgehead atoms. The van der Waals surface area contributed by atoms with Crippen LogP contribution in [0.5, 0.6) is 5.75 Å². The molecule has 1 saturated heterocycles. The summed E-state index contributed by atoms with van der Waals surface area (Å²) in [6.45, 7) is 2.46. The number of nitrogens with zero attached hydrogens (tertiary/aromatic N) is 3. The maximum absolute atomic E-state index is 14.4. The summed E-state index contributed by atoms with van der Waals surface area (Å²) in [5, 5.41) is 3.41. The average Bonchev–Trinajstić information content (AvgIpc) is 3.48. The minimum atomic E-state index is -1.13. The molecule has 258 valence electrons. The number of carbonyl (C=O) groups is 2. The molecule has 1 atom stereocenters. The van der Waals surface area contributed by atoms with E-state index in [4.69, 9.17) is 9.57 Å². The van der Waals surface area contributed by atoms with Gasteiger partial charge in [0.25, 0.3) is 5.24 Å². The van der Waals surface area contributed by atoms with Crippen LogP contribution in [0.25, 0.3) is 11.1 Å². The average molecular weight is 704 g/mol. The summed E-state index contributed by atoms with van der Waals surface area (Å²) in [4.78, 5) is 39.8. The van der Waals surface area contributed by atoms with Gasteiger partial charge in [-0.2, -0.15) is 0 Å². The van der Waals surface area contributed by atoms with Crippen molar-refractivity contribution in [2.45, 2.75) is 24.1 Å². The minimum absolute atomic E-state index is 0.220. The van der Waals surface area contributed by atoms with Gasteiger partial charge in [-0.3, -0.25) is 19.5 Å². The van der Waals surface area contributed by atoms with Crippen molar-refractivity contribution in [1.82, 2.24) is 9.88 Å². The molecule has 6 aromatic rings. The lowest BCUT2D eigenvalue weighted by atomic mass is 9.75. The summed E-state index contributed by atoms with van der Waals surface area (Å²) in [5.74, 6) is 0.453. The first-order valence-electron chi connectivity index (χ1n) is 17.1. The van der Waals surface area contributed by atoms with Crippen molar-refractivity contribution in [3.63, 3.8) is 0 Å². The zero-order valence-electron chi connectivity index (χ0n) is 28.7. The number of aromatic nitrogens is 1. The van der Waals surface area contributed by atoms with Crippen LogP contribution < -0.4 is 4.74 Å². The molecule has 1 aliphatic rings. The highest BCUT2D eigenvalue weighted by Gasteiger charge is 2.53. The highest BCUT2D eigenvalue weighted by Crippen LogP contribution is 2.47. The second kappa shape index (κ2) is 15.9. The van der Waals surface area contributed by atoms with Gasteiger partial charge in [0.2, 0.25) is 5.91 Å². The van der Waals surface area contributed by atoms with E-state index in [0.29, 0.717) is 18.8 Å². The number of oxime groups is 1. The van der Waals surface area contributed by atoms with E-state index in [1.54, 1.807) is 6.20 Å². The van der Waals surface area contributed by atoms with Gasteiger partial charge in [-0.15, -0.1) is 0 Å². The quantitative estimate of drug-likeness (QED) is 0.0517. The molecule has 1 aliphatic heterocycles. The molecule has 0 radical (unpaired) electrons. The third-order valence-electron chi connectivity index (χ3n) is 9.08. The lowest BCUT2D eigenvalue weighted by molar-refractivity contribution is -0.129. The fourth-order valence-electron chi connectivity index (χ4n) is 6.57. The monoisotopic (exact) mass is 703 g/mol. The van der Waals surface area contributed by atoms with Crippen molar-refractivity contribution in [3.05, 3.63) is 192 Å². The van der Waals surface area contributed by atoms with Crippen molar-refractivity contribution in [1.29, 1.82) is 0 Å². The number of hydrogen-bond donors (Lipinski definition) is 0. The molecule has 0 N–H and O–H groups in total. The van der Waals surface area contributed by atoms with Crippen LogP contribution in [-0.4, -0.2) is 45.2 Å². The van der Waals surface area contributed by atoms with Crippen molar-refractivity contribution in [2.75, 3.05) is 13.2 Å². The summed E-state index contributed by atoms with van der Waals surface area (Å²) in [6, 6.07) is 49.1. The van der Waals surface area contributed by atoms with Crippen LogP contribution in [0.3, 0.4) is 0 Å². The Kier molecular flexibility index (Phi) is 10.5. The van der Waals surface area contributed by atoms with Crippen LogP contribution in [0.2, 0.25) is 0 Å². The van der Waals surface area contributed by atoms with Crippen LogP contribution in [-0.2, 0) is 21.6 Å². The number of benzene rings is 5. The second-order valence-corrected chi connectivity index (χ2v) is 13.5. The van der Waals surface area contributed by atoms with Crippen LogP contribution in [0.4, 0.5) is 4.79 Å². The summed E-state index contributed by atoms with van der Waals surface area (Å²) in [7, 11) is 0. The van der Waals surface area contributed by atoms with E-state index in [1.165, 1.54) is 4.90 Å². The van der Waals surface area contributed by atoms with Crippen molar-refractivity contribution in [2.24, 2.45) is 5.16 Å². The second-order valence-electron chi connectivity index (χ2n) is 12.4. The van der Waals surface area contributed by atoms with Crippen LogP contribution in [0, 0.1) is 0 Å². The molecule has 1 aromatic heterocycles. The third-order valence-corrected chi connectivity index (χ3v) is 10.1. The predicted octanol–water partition coefficient (Wildman–Crippen LogP) is 9.17. The number of imide groups is 1. The number of rotatable bonds is 13. The van der Waals surface area contributed by atoms with Crippen molar-refractivity contribution < 1.29 is 19.2 Å². The zero-order chi connectivity index (χ0) is 35.8. The van der Waals surface area contributed by atoms with Crippen LogP contribution >= 0.6 is 11.8 Å². The van der Waals surface area contributed by atoms with Gasteiger partial charge in [-0.25, -0.2) is 0 Å². The molecule has 2 heterocycles. The number of ether oxygens (including phenoxy) is 1. The van der Waals surface area contributed by atoms with E-state index >= 15 is 0 Å². The minimum Gasteiger partial charge on any atom is -0.490 e. The predicted molar refractivity (Wildman–Crippen MR) is 206 cm³/mol. The standard InChI is InChI=1S/C44H37N3O4S/c1-32(35-29-36(31-45-30-35)34-14-6-2-7-15-34)46-51-27-26-50-40-24-22-33(23-25-40)28-41-42(48)47(43(49)52-41)44(37-16-8-3-9-17-37,38-18-10-4-11-19-38)39-20-12-5-13-21-39/h2-25,29-31,41H,26-28H2,1H3/b46-32-. The Morgan fingerprint density at radius 3 is 1.85 bits per heavy atom. The molecule has 0 saturated carbocycles. The van der Waals surface area contributed by atoms with E-state index in [0.717, 1.165) is 56.4 Å². The molecule has 5 aromatic carbocycles. The number of pyridine rings is 1. The van der Waals surface area contributed by atoms with Gasteiger partial charge in [0.15, 0.2) is 6.61 Å². The SMILES string of the molecule is C/C(=N/OCCOc1ccc(CC2SC(=O)N(C(c3ccccc3)(c3ccccc3)c3ccccc3)C2=O)cc1)c1cncc(-c2ccccc2)c1. The van der Waals surface area contributed by atoms with Crippen molar-refractivity contribution in [3.8, 4) is 16.9 Å². The molecule has 7 nitrogen and oxygen atoms in total.